The third kappa shape index (κ3) is 1.14. The molecule has 1 aliphatic rings. The van der Waals surface area contributed by atoms with Crippen molar-refractivity contribution in [1.29, 1.82) is 0 Å². The van der Waals surface area contributed by atoms with Crippen LogP contribution in [0.15, 0.2) is 0 Å². The molecule has 0 unspecified atom stereocenters. The summed E-state index contributed by atoms with van der Waals surface area (Å²) in [5.74, 6) is 0. The molecule has 0 spiro atoms. The second-order valence-corrected chi connectivity index (χ2v) is 2.68. The molecule has 1 rings (SSSR count). The molecule has 1 heterocycles. The van der Waals surface area contributed by atoms with Crippen molar-refractivity contribution < 1.29 is 14.6 Å². The normalized spacial score (nSPS) is 48.0. The third-order valence-electron chi connectivity index (χ3n) is 1.89. The van der Waals surface area contributed by atoms with E-state index in [0.717, 1.165) is 0 Å². The first-order chi connectivity index (χ1) is 4.66. The van der Waals surface area contributed by atoms with Crippen LogP contribution < -0.4 is 5.32 Å². The average Bonchev–Trinajstić information content (AvgIpc) is 2.17. The molecule has 1 aliphatic heterocycles. The Labute approximate surface area is 58.9 Å². The molecule has 0 amide bonds. The Bertz CT molecular complexity index is 122. The minimum atomic E-state index is -1.25. The fourth-order valence-electron chi connectivity index (χ4n) is 1.21. The van der Waals surface area contributed by atoms with Crippen LogP contribution in [0.1, 0.15) is 6.92 Å². The molecule has 0 radical (unpaired) electrons. The Morgan fingerprint density at radius 1 is 1.60 bits per heavy atom. The molecular formula is C6H12FNO2. The van der Waals surface area contributed by atoms with Crippen LogP contribution in [0.4, 0.5) is 4.39 Å². The number of aliphatic hydroxyl groups is 2. The number of alkyl halides is 1. The highest BCUT2D eigenvalue weighted by Crippen LogP contribution is 2.16. The van der Waals surface area contributed by atoms with Gasteiger partial charge in [-0.1, -0.05) is 0 Å². The van der Waals surface area contributed by atoms with Crippen LogP contribution in [0.2, 0.25) is 0 Å². The quantitative estimate of drug-likeness (QED) is 0.450. The second kappa shape index (κ2) is 2.82. The zero-order valence-electron chi connectivity index (χ0n) is 5.79. The van der Waals surface area contributed by atoms with E-state index in [1.165, 1.54) is 0 Å². The lowest BCUT2D eigenvalue weighted by molar-refractivity contribution is 0.0685. The van der Waals surface area contributed by atoms with Crippen molar-refractivity contribution >= 4 is 0 Å². The fraction of sp³-hybridized carbons (Fsp3) is 1.00. The molecule has 1 fully saturated rings. The number of aliphatic hydroxyl groups excluding tert-OH is 2. The van der Waals surface area contributed by atoms with Gasteiger partial charge < -0.3 is 15.5 Å². The predicted octanol–water partition coefficient (Wildman–Crippen LogP) is -0.962. The summed E-state index contributed by atoms with van der Waals surface area (Å²) in [6.45, 7) is 1.43. The van der Waals surface area contributed by atoms with Gasteiger partial charge in [0, 0.05) is 6.04 Å². The van der Waals surface area contributed by atoms with Gasteiger partial charge in [0.05, 0.1) is 12.6 Å². The monoisotopic (exact) mass is 149 g/mol. The molecule has 4 heteroatoms. The van der Waals surface area contributed by atoms with Crippen LogP contribution in [-0.4, -0.2) is 41.2 Å². The van der Waals surface area contributed by atoms with Gasteiger partial charge in [-0.15, -0.1) is 0 Å². The second-order valence-electron chi connectivity index (χ2n) is 2.68. The summed E-state index contributed by atoms with van der Waals surface area (Å²) in [5, 5.41) is 20.3. The first-order valence-corrected chi connectivity index (χ1v) is 3.36. The summed E-state index contributed by atoms with van der Waals surface area (Å²) >= 11 is 0. The van der Waals surface area contributed by atoms with Crippen molar-refractivity contribution in [3.05, 3.63) is 0 Å². The Hall–Kier alpha value is -0.190. The predicted molar refractivity (Wildman–Crippen MR) is 34.4 cm³/mol. The molecule has 0 aromatic rings. The van der Waals surface area contributed by atoms with Crippen molar-refractivity contribution in [1.82, 2.24) is 5.32 Å². The topological polar surface area (TPSA) is 52.5 Å². The first-order valence-electron chi connectivity index (χ1n) is 3.36. The first kappa shape index (κ1) is 7.91. The summed E-state index contributed by atoms with van der Waals surface area (Å²) in [5.41, 5.74) is 0. The SMILES string of the molecule is C[C@@H]1N[C@H](CO)[C@@H](O)[C@H]1F. The number of rotatable bonds is 1. The number of halogens is 1. The summed E-state index contributed by atoms with van der Waals surface area (Å²) in [6, 6.07) is -0.850. The Morgan fingerprint density at radius 2 is 2.20 bits per heavy atom. The van der Waals surface area contributed by atoms with E-state index in [-0.39, 0.29) is 12.6 Å². The number of nitrogens with one attached hydrogen (secondary N) is 1. The Morgan fingerprint density at radius 3 is 2.40 bits per heavy atom. The van der Waals surface area contributed by atoms with E-state index in [9.17, 15) is 4.39 Å². The third-order valence-corrected chi connectivity index (χ3v) is 1.89. The van der Waals surface area contributed by atoms with Gasteiger partial charge in [0.25, 0.3) is 0 Å². The summed E-state index contributed by atoms with van der Waals surface area (Å²) in [6.07, 6.45) is -2.31. The van der Waals surface area contributed by atoms with Crippen LogP contribution in [-0.2, 0) is 0 Å². The summed E-state index contributed by atoms with van der Waals surface area (Å²) in [7, 11) is 0. The summed E-state index contributed by atoms with van der Waals surface area (Å²) < 4.78 is 12.7. The van der Waals surface area contributed by atoms with Crippen LogP contribution in [0.5, 0.6) is 0 Å². The highest BCUT2D eigenvalue weighted by Gasteiger charge is 2.39. The van der Waals surface area contributed by atoms with Crippen molar-refractivity contribution in [3.8, 4) is 0 Å². The molecule has 10 heavy (non-hydrogen) atoms. The minimum absolute atomic E-state index is 0.216. The van der Waals surface area contributed by atoms with Gasteiger partial charge in [-0.3, -0.25) is 0 Å². The van der Waals surface area contributed by atoms with Crippen LogP contribution in [0, 0.1) is 0 Å². The molecule has 0 aromatic carbocycles. The Balaban J connectivity index is 2.53. The van der Waals surface area contributed by atoms with Crippen LogP contribution in [0.25, 0.3) is 0 Å². The van der Waals surface area contributed by atoms with Gasteiger partial charge >= 0.3 is 0 Å². The fourth-order valence-corrected chi connectivity index (χ4v) is 1.21. The maximum Gasteiger partial charge on any atom is 0.142 e. The Kier molecular flexibility index (Phi) is 2.23. The van der Waals surface area contributed by atoms with Gasteiger partial charge in [-0.25, -0.2) is 4.39 Å². The van der Waals surface area contributed by atoms with Crippen molar-refractivity contribution in [2.75, 3.05) is 6.61 Å². The van der Waals surface area contributed by atoms with E-state index in [4.69, 9.17) is 10.2 Å². The number of hydrogen-bond donors (Lipinski definition) is 3. The maximum atomic E-state index is 12.7. The molecule has 60 valence electrons. The lowest BCUT2D eigenvalue weighted by Gasteiger charge is -2.10. The highest BCUT2D eigenvalue weighted by molar-refractivity contribution is 4.95. The van der Waals surface area contributed by atoms with Gasteiger partial charge in [0.1, 0.15) is 12.3 Å². The van der Waals surface area contributed by atoms with Gasteiger partial charge in [-0.05, 0) is 6.92 Å². The standard InChI is InChI=1S/C6H12FNO2/c1-3-5(7)6(10)4(2-9)8-3/h3-6,8-10H,2H2,1H3/t3-,4+,5-,6+/m0/s1. The molecule has 0 aromatic heterocycles. The van der Waals surface area contributed by atoms with E-state index in [0.29, 0.717) is 0 Å². The van der Waals surface area contributed by atoms with E-state index < -0.39 is 18.3 Å². The molecule has 4 atom stereocenters. The van der Waals surface area contributed by atoms with Crippen molar-refractivity contribution in [2.24, 2.45) is 0 Å². The van der Waals surface area contributed by atoms with E-state index >= 15 is 0 Å². The zero-order chi connectivity index (χ0) is 7.72. The number of hydrogen-bond acceptors (Lipinski definition) is 3. The largest absolute Gasteiger partial charge is 0.395 e. The van der Waals surface area contributed by atoms with E-state index in [1.807, 2.05) is 0 Å². The van der Waals surface area contributed by atoms with Crippen molar-refractivity contribution in [3.63, 3.8) is 0 Å². The molecule has 0 saturated carbocycles. The highest BCUT2D eigenvalue weighted by atomic mass is 19.1. The molecule has 0 aliphatic carbocycles. The molecule has 0 bridgehead atoms. The van der Waals surface area contributed by atoms with Gasteiger partial charge in [0.15, 0.2) is 0 Å². The lowest BCUT2D eigenvalue weighted by Crippen LogP contribution is -2.35. The molecule has 1 saturated heterocycles. The molecular weight excluding hydrogens is 137 g/mol. The van der Waals surface area contributed by atoms with E-state index in [2.05, 4.69) is 5.32 Å². The van der Waals surface area contributed by atoms with Crippen LogP contribution >= 0.6 is 0 Å². The molecule has 3 nitrogen and oxygen atoms in total. The van der Waals surface area contributed by atoms with Crippen molar-refractivity contribution in [2.45, 2.75) is 31.3 Å². The van der Waals surface area contributed by atoms with E-state index in [1.54, 1.807) is 6.92 Å². The minimum Gasteiger partial charge on any atom is -0.395 e. The molecule has 3 N–H and O–H groups in total. The maximum absolute atomic E-state index is 12.7. The van der Waals surface area contributed by atoms with Crippen LogP contribution in [0.3, 0.4) is 0 Å². The smallest absolute Gasteiger partial charge is 0.142 e. The average molecular weight is 149 g/mol. The lowest BCUT2D eigenvalue weighted by atomic mass is 10.1. The van der Waals surface area contributed by atoms with Gasteiger partial charge in [-0.2, -0.15) is 0 Å². The zero-order valence-corrected chi connectivity index (χ0v) is 5.79. The summed E-state index contributed by atoms with van der Waals surface area (Å²) in [4.78, 5) is 0. The van der Waals surface area contributed by atoms with Gasteiger partial charge in [0.2, 0.25) is 0 Å².